The van der Waals surface area contributed by atoms with Gasteiger partial charge in [-0.25, -0.2) is 13.8 Å². The minimum absolute atomic E-state index is 0.273. The number of methoxy groups -OCH3 is 1. The highest BCUT2D eigenvalue weighted by Gasteiger charge is 2.29. The van der Waals surface area contributed by atoms with E-state index in [1.165, 1.54) is 4.90 Å². The zero-order valence-corrected chi connectivity index (χ0v) is 17.9. The number of aromatic nitrogens is 2. The highest BCUT2D eigenvalue weighted by atomic mass is 19.2. The molecule has 0 atom stereocenters. The van der Waals surface area contributed by atoms with Crippen molar-refractivity contribution in [2.24, 2.45) is 0 Å². The lowest BCUT2D eigenvalue weighted by atomic mass is 10.1. The van der Waals surface area contributed by atoms with Crippen molar-refractivity contribution in [1.82, 2.24) is 14.9 Å². The van der Waals surface area contributed by atoms with Crippen LogP contribution in [0.4, 0.5) is 24.9 Å². The van der Waals surface area contributed by atoms with Gasteiger partial charge >= 0.3 is 0 Å². The molecule has 2 saturated heterocycles. The number of ether oxygens (including phenoxy) is 2. The molecule has 11 heteroatoms. The van der Waals surface area contributed by atoms with Gasteiger partial charge in [-0.2, -0.15) is 9.37 Å². The van der Waals surface area contributed by atoms with E-state index in [-0.39, 0.29) is 13.1 Å². The maximum absolute atomic E-state index is 14.5. The van der Waals surface area contributed by atoms with Gasteiger partial charge < -0.3 is 24.2 Å². The van der Waals surface area contributed by atoms with Gasteiger partial charge in [-0.1, -0.05) is 0 Å². The van der Waals surface area contributed by atoms with Crippen molar-refractivity contribution in [1.29, 1.82) is 0 Å². The number of carbonyl (C=O) groups excluding carboxylic acids is 1. The van der Waals surface area contributed by atoms with Crippen molar-refractivity contribution in [3.8, 4) is 5.75 Å². The highest BCUT2D eigenvalue weighted by molar-refractivity contribution is 5.95. The molecule has 2 aromatic rings. The van der Waals surface area contributed by atoms with Crippen molar-refractivity contribution in [3.63, 3.8) is 0 Å². The normalized spacial score (nSPS) is 17.0. The summed E-state index contributed by atoms with van der Waals surface area (Å²) < 4.78 is 52.0. The number of amides is 1. The molecule has 2 aliphatic rings. The van der Waals surface area contributed by atoms with E-state index in [9.17, 15) is 18.0 Å². The van der Waals surface area contributed by atoms with Gasteiger partial charge in [0.25, 0.3) is 5.91 Å². The first-order valence-electron chi connectivity index (χ1n) is 10.3. The molecule has 0 aliphatic carbocycles. The van der Waals surface area contributed by atoms with E-state index in [1.807, 2.05) is 17.9 Å². The molecule has 4 rings (SSSR count). The standard InChI is InChI=1S/C21H24F3N5O3/c1-13-11-16(26-21(25-13)29-7-9-32-10-8-29)27-3-5-28(6-4-27)20(30)14-12-15(22)18(24)19(31-2)17(14)23/h11-12H,3-10H2,1-2H3. The number of benzene rings is 1. The zero-order valence-electron chi connectivity index (χ0n) is 17.9. The third-order valence-electron chi connectivity index (χ3n) is 5.56. The van der Waals surface area contributed by atoms with Crippen LogP contribution in [0.25, 0.3) is 0 Å². The summed E-state index contributed by atoms with van der Waals surface area (Å²) in [5, 5.41) is 0. The lowest BCUT2D eigenvalue weighted by molar-refractivity contribution is 0.0740. The Balaban J connectivity index is 1.47. The molecule has 3 heterocycles. The van der Waals surface area contributed by atoms with E-state index >= 15 is 0 Å². The van der Waals surface area contributed by atoms with Crippen molar-refractivity contribution in [2.45, 2.75) is 6.92 Å². The molecule has 1 aromatic carbocycles. The van der Waals surface area contributed by atoms with Crippen LogP contribution in [0.3, 0.4) is 0 Å². The topological polar surface area (TPSA) is 71.0 Å². The number of hydrogen-bond acceptors (Lipinski definition) is 7. The number of carbonyl (C=O) groups is 1. The lowest BCUT2D eigenvalue weighted by Crippen LogP contribution is -2.49. The van der Waals surface area contributed by atoms with Crippen LogP contribution in [0, 0.1) is 24.4 Å². The summed E-state index contributed by atoms with van der Waals surface area (Å²) in [5.41, 5.74) is 0.271. The fourth-order valence-corrected chi connectivity index (χ4v) is 3.83. The van der Waals surface area contributed by atoms with Crippen LogP contribution in [-0.2, 0) is 4.74 Å². The van der Waals surface area contributed by atoms with Crippen LogP contribution in [-0.4, -0.2) is 80.4 Å². The summed E-state index contributed by atoms with van der Waals surface area (Å²) >= 11 is 0. The van der Waals surface area contributed by atoms with E-state index < -0.39 is 34.7 Å². The number of morpholine rings is 1. The van der Waals surface area contributed by atoms with Crippen LogP contribution in [0.1, 0.15) is 16.1 Å². The number of anilines is 2. The van der Waals surface area contributed by atoms with Crippen molar-refractivity contribution in [3.05, 3.63) is 40.8 Å². The van der Waals surface area contributed by atoms with E-state index in [2.05, 4.69) is 19.6 Å². The molecule has 8 nitrogen and oxygen atoms in total. The molecule has 32 heavy (non-hydrogen) atoms. The Morgan fingerprint density at radius 2 is 1.66 bits per heavy atom. The number of halogens is 3. The second-order valence-electron chi connectivity index (χ2n) is 7.61. The van der Waals surface area contributed by atoms with E-state index in [0.717, 1.165) is 18.6 Å². The monoisotopic (exact) mass is 451 g/mol. The molecular weight excluding hydrogens is 427 g/mol. The van der Waals surface area contributed by atoms with Crippen LogP contribution in [0.2, 0.25) is 0 Å². The van der Waals surface area contributed by atoms with Gasteiger partial charge in [0.1, 0.15) is 5.82 Å². The lowest BCUT2D eigenvalue weighted by Gasteiger charge is -2.36. The van der Waals surface area contributed by atoms with Gasteiger partial charge in [-0.05, 0) is 13.0 Å². The Hall–Kier alpha value is -3.08. The summed E-state index contributed by atoms with van der Waals surface area (Å²) in [5.74, 6) is -4.24. The third kappa shape index (κ3) is 4.29. The SMILES string of the molecule is COc1c(F)c(F)cc(C(=O)N2CCN(c3cc(C)nc(N4CCOCC4)n3)CC2)c1F. The van der Waals surface area contributed by atoms with Gasteiger partial charge in [0.2, 0.25) is 11.8 Å². The summed E-state index contributed by atoms with van der Waals surface area (Å²) in [6.45, 7) is 6.03. The molecule has 0 radical (unpaired) electrons. The van der Waals surface area contributed by atoms with E-state index in [4.69, 9.17) is 4.74 Å². The number of aryl methyl sites for hydroxylation is 1. The van der Waals surface area contributed by atoms with Crippen molar-refractivity contribution in [2.75, 3.05) is 69.4 Å². The predicted molar refractivity (Wildman–Crippen MR) is 111 cm³/mol. The number of rotatable bonds is 4. The first-order valence-corrected chi connectivity index (χ1v) is 10.3. The van der Waals surface area contributed by atoms with Crippen LogP contribution >= 0.6 is 0 Å². The number of nitrogens with zero attached hydrogens (tertiary/aromatic N) is 5. The van der Waals surface area contributed by atoms with Gasteiger partial charge in [0, 0.05) is 51.0 Å². The van der Waals surface area contributed by atoms with Gasteiger partial charge in [0.05, 0.1) is 25.9 Å². The molecule has 1 aromatic heterocycles. The summed E-state index contributed by atoms with van der Waals surface area (Å²) in [4.78, 5) is 27.5. The average molecular weight is 451 g/mol. The Morgan fingerprint density at radius 3 is 2.31 bits per heavy atom. The maximum Gasteiger partial charge on any atom is 0.257 e. The number of piperazine rings is 1. The van der Waals surface area contributed by atoms with E-state index in [0.29, 0.717) is 51.4 Å². The van der Waals surface area contributed by atoms with Gasteiger partial charge in [0.15, 0.2) is 17.4 Å². The molecular formula is C21H24F3N5O3. The quantitative estimate of drug-likeness (QED) is 0.659. The van der Waals surface area contributed by atoms with Gasteiger partial charge in [-0.15, -0.1) is 0 Å². The van der Waals surface area contributed by atoms with Crippen LogP contribution < -0.4 is 14.5 Å². The minimum atomic E-state index is -1.46. The molecule has 0 bridgehead atoms. The second-order valence-corrected chi connectivity index (χ2v) is 7.61. The fourth-order valence-electron chi connectivity index (χ4n) is 3.83. The smallest absolute Gasteiger partial charge is 0.257 e. The van der Waals surface area contributed by atoms with E-state index in [1.54, 1.807) is 0 Å². The fraction of sp³-hybridized carbons (Fsp3) is 0.476. The second kappa shape index (κ2) is 9.19. The Bertz CT molecular complexity index is 1010. The molecule has 1 amide bonds. The first kappa shape index (κ1) is 22.1. The molecule has 0 unspecified atom stereocenters. The van der Waals surface area contributed by atoms with Crippen LogP contribution in [0.15, 0.2) is 12.1 Å². The summed E-state index contributed by atoms with van der Waals surface area (Å²) in [6, 6.07) is 2.45. The number of hydrogen-bond donors (Lipinski definition) is 0. The Kier molecular flexibility index (Phi) is 6.35. The average Bonchev–Trinajstić information content (AvgIpc) is 2.81. The molecule has 2 fully saturated rings. The maximum atomic E-state index is 14.5. The Morgan fingerprint density at radius 1 is 0.969 bits per heavy atom. The van der Waals surface area contributed by atoms with Crippen LogP contribution in [0.5, 0.6) is 5.75 Å². The first-order chi connectivity index (χ1) is 15.4. The van der Waals surface area contributed by atoms with Crippen molar-refractivity contribution >= 4 is 17.7 Å². The molecule has 172 valence electrons. The minimum Gasteiger partial charge on any atom is -0.491 e. The third-order valence-corrected chi connectivity index (χ3v) is 5.56. The summed E-state index contributed by atoms with van der Waals surface area (Å²) in [7, 11) is 1.02. The molecule has 0 N–H and O–H groups in total. The highest BCUT2D eigenvalue weighted by Crippen LogP contribution is 2.28. The zero-order chi connectivity index (χ0) is 22.8. The largest absolute Gasteiger partial charge is 0.491 e. The molecule has 2 aliphatic heterocycles. The predicted octanol–water partition coefficient (Wildman–Crippen LogP) is 2.01. The Labute approximate surface area is 183 Å². The molecule has 0 spiro atoms. The van der Waals surface area contributed by atoms with Crippen molar-refractivity contribution < 1.29 is 27.4 Å². The van der Waals surface area contributed by atoms with Gasteiger partial charge in [-0.3, -0.25) is 4.79 Å². The molecule has 0 saturated carbocycles. The summed E-state index contributed by atoms with van der Waals surface area (Å²) in [6.07, 6.45) is 0.